The van der Waals surface area contributed by atoms with Crippen LogP contribution in [0, 0.1) is 18.3 Å². The monoisotopic (exact) mass is 380 g/mol. The summed E-state index contributed by atoms with van der Waals surface area (Å²) in [6.45, 7) is 5.86. The smallest absolute Gasteiger partial charge is 0.410 e. The first-order valence-corrected chi connectivity index (χ1v) is 8.99. The fourth-order valence-electron chi connectivity index (χ4n) is 2.51. The second-order valence-electron chi connectivity index (χ2n) is 6.55. The standard InChI is InChI=1S/C21H24N4O3/c1-15(2)23-20(26)24-17-8-5-10-19(14-17)28-21(27)25(12-6-11-22)18-9-4-7-16(3)13-18/h4-5,7-10,13-15H,6,12H2,1-3H3,(H2,23,24,26). The van der Waals surface area contributed by atoms with Crippen molar-refractivity contribution in [2.45, 2.75) is 33.2 Å². The van der Waals surface area contributed by atoms with Gasteiger partial charge in [-0.2, -0.15) is 5.26 Å². The highest BCUT2D eigenvalue weighted by Crippen LogP contribution is 2.21. The third kappa shape index (κ3) is 6.32. The second kappa shape index (κ2) is 9.97. The highest BCUT2D eigenvalue weighted by atomic mass is 16.6. The van der Waals surface area contributed by atoms with Gasteiger partial charge in [-0.05, 0) is 50.6 Å². The summed E-state index contributed by atoms with van der Waals surface area (Å²) in [7, 11) is 0. The molecule has 3 amide bonds. The molecule has 7 nitrogen and oxygen atoms in total. The first-order valence-electron chi connectivity index (χ1n) is 8.99. The van der Waals surface area contributed by atoms with Gasteiger partial charge in [-0.3, -0.25) is 4.90 Å². The Balaban J connectivity index is 2.13. The average Bonchev–Trinajstić information content (AvgIpc) is 2.61. The quantitative estimate of drug-likeness (QED) is 0.774. The molecular formula is C21H24N4O3. The van der Waals surface area contributed by atoms with Gasteiger partial charge in [-0.15, -0.1) is 0 Å². The van der Waals surface area contributed by atoms with Crippen LogP contribution >= 0.6 is 0 Å². The predicted molar refractivity (Wildman–Crippen MR) is 109 cm³/mol. The number of nitrogens with zero attached hydrogens (tertiary/aromatic N) is 2. The van der Waals surface area contributed by atoms with E-state index in [0.717, 1.165) is 5.56 Å². The Morgan fingerprint density at radius 3 is 2.61 bits per heavy atom. The molecule has 2 aromatic rings. The molecule has 28 heavy (non-hydrogen) atoms. The number of nitriles is 1. The van der Waals surface area contributed by atoms with Crippen molar-refractivity contribution in [3.8, 4) is 11.8 Å². The number of amides is 3. The molecule has 0 spiro atoms. The Bertz CT molecular complexity index is 874. The fraction of sp³-hybridized carbons (Fsp3) is 0.286. The van der Waals surface area contributed by atoms with E-state index in [4.69, 9.17) is 10.00 Å². The summed E-state index contributed by atoms with van der Waals surface area (Å²) in [6, 6.07) is 15.7. The number of hydrogen-bond acceptors (Lipinski definition) is 4. The fourth-order valence-corrected chi connectivity index (χ4v) is 2.51. The molecule has 2 aromatic carbocycles. The minimum atomic E-state index is -0.593. The van der Waals surface area contributed by atoms with E-state index in [1.54, 1.807) is 30.3 Å². The average molecular weight is 380 g/mol. The van der Waals surface area contributed by atoms with Crippen LogP contribution in [0.5, 0.6) is 5.75 Å². The SMILES string of the molecule is Cc1cccc(N(CCC#N)C(=O)Oc2cccc(NC(=O)NC(C)C)c2)c1. The molecule has 0 unspecified atom stereocenters. The van der Waals surface area contributed by atoms with Crippen molar-refractivity contribution in [3.05, 3.63) is 54.1 Å². The molecule has 0 aliphatic carbocycles. The van der Waals surface area contributed by atoms with Crippen LogP contribution in [0.15, 0.2) is 48.5 Å². The number of benzene rings is 2. The summed E-state index contributed by atoms with van der Waals surface area (Å²) < 4.78 is 5.48. The maximum Gasteiger partial charge on any atom is 0.419 e. The van der Waals surface area contributed by atoms with Gasteiger partial charge in [-0.1, -0.05) is 18.2 Å². The molecule has 0 saturated carbocycles. The van der Waals surface area contributed by atoms with Crippen molar-refractivity contribution >= 4 is 23.5 Å². The lowest BCUT2D eigenvalue weighted by Crippen LogP contribution is -2.35. The predicted octanol–water partition coefficient (Wildman–Crippen LogP) is 4.44. The van der Waals surface area contributed by atoms with Gasteiger partial charge in [-0.25, -0.2) is 9.59 Å². The summed E-state index contributed by atoms with van der Waals surface area (Å²) >= 11 is 0. The number of carbonyl (C=O) groups excluding carboxylic acids is 2. The van der Waals surface area contributed by atoms with Crippen molar-refractivity contribution in [2.75, 3.05) is 16.8 Å². The number of urea groups is 1. The summed E-state index contributed by atoms with van der Waals surface area (Å²) in [5.74, 6) is 0.293. The molecule has 0 aliphatic rings. The zero-order valence-electron chi connectivity index (χ0n) is 16.2. The Hall–Kier alpha value is -3.53. The second-order valence-corrected chi connectivity index (χ2v) is 6.55. The first kappa shape index (κ1) is 20.8. The molecule has 2 N–H and O–H groups in total. The zero-order chi connectivity index (χ0) is 20.5. The number of carbonyl (C=O) groups is 2. The van der Waals surface area contributed by atoms with Crippen LogP contribution in [0.3, 0.4) is 0 Å². The lowest BCUT2D eigenvalue weighted by atomic mass is 10.2. The lowest BCUT2D eigenvalue weighted by molar-refractivity contribution is 0.207. The van der Waals surface area contributed by atoms with Gasteiger partial charge in [0.1, 0.15) is 5.75 Å². The number of aryl methyl sites for hydroxylation is 1. The minimum absolute atomic E-state index is 0.00373. The largest absolute Gasteiger partial charge is 0.419 e. The Morgan fingerprint density at radius 1 is 1.18 bits per heavy atom. The number of anilines is 2. The van der Waals surface area contributed by atoms with E-state index >= 15 is 0 Å². The van der Waals surface area contributed by atoms with Crippen LogP contribution in [0.4, 0.5) is 21.0 Å². The third-order valence-electron chi connectivity index (χ3n) is 3.70. The third-order valence-corrected chi connectivity index (χ3v) is 3.70. The van der Waals surface area contributed by atoms with E-state index in [1.165, 1.54) is 4.90 Å². The van der Waals surface area contributed by atoms with Gasteiger partial charge in [0.25, 0.3) is 0 Å². The maximum absolute atomic E-state index is 12.7. The molecule has 0 heterocycles. The molecule has 0 aromatic heterocycles. The van der Waals surface area contributed by atoms with Crippen LogP contribution < -0.4 is 20.3 Å². The molecule has 0 radical (unpaired) electrons. The van der Waals surface area contributed by atoms with Gasteiger partial charge in [0.2, 0.25) is 0 Å². The topological polar surface area (TPSA) is 94.5 Å². The number of nitrogens with one attached hydrogen (secondary N) is 2. The van der Waals surface area contributed by atoms with E-state index in [9.17, 15) is 9.59 Å². The van der Waals surface area contributed by atoms with Crippen LogP contribution in [0.1, 0.15) is 25.8 Å². The summed E-state index contributed by atoms with van der Waals surface area (Å²) in [5.41, 5.74) is 2.16. The van der Waals surface area contributed by atoms with Crippen molar-refractivity contribution in [1.82, 2.24) is 5.32 Å². The summed E-state index contributed by atoms with van der Waals surface area (Å²) in [5, 5.41) is 14.3. The zero-order valence-corrected chi connectivity index (χ0v) is 16.2. The Morgan fingerprint density at radius 2 is 1.93 bits per heavy atom. The summed E-state index contributed by atoms with van der Waals surface area (Å²) in [4.78, 5) is 26.0. The van der Waals surface area contributed by atoms with Crippen LogP contribution in [-0.2, 0) is 0 Å². The molecule has 7 heteroatoms. The number of rotatable bonds is 6. The van der Waals surface area contributed by atoms with E-state index in [0.29, 0.717) is 17.1 Å². The van der Waals surface area contributed by atoms with Gasteiger partial charge in [0.05, 0.1) is 12.5 Å². The van der Waals surface area contributed by atoms with Gasteiger partial charge >= 0.3 is 12.1 Å². The van der Waals surface area contributed by atoms with Crippen LogP contribution in [0.2, 0.25) is 0 Å². The number of ether oxygens (including phenoxy) is 1. The van der Waals surface area contributed by atoms with Gasteiger partial charge in [0.15, 0.2) is 0 Å². The highest BCUT2D eigenvalue weighted by Gasteiger charge is 2.18. The van der Waals surface area contributed by atoms with Crippen molar-refractivity contribution < 1.29 is 14.3 Å². The van der Waals surface area contributed by atoms with Crippen molar-refractivity contribution in [1.29, 1.82) is 5.26 Å². The molecule has 0 fully saturated rings. The van der Waals surface area contributed by atoms with E-state index < -0.39 is 6.09 Å². The molecule has 0 atom stereocenters. The minimum Gasteiger partial charge on any atom is -0.410 e. The van der Waals surface area contributed by atoms with E-state index in [2.05, 4.69) is 10.6 Å². The normalized spacial score (nSPS) is 10.1. The Kier molecular flexibility index (Phi) is 7.40. The highest BCUT2D eigenvalue weighted by molar-refractivity contribution is 5.91. The number of hydrogen-bond donors (Lipinski definition) is 2. The van der Waals surface area contributed by atoms with E-state index in [1.807, 2.05) is 45.0 Å². The summed E-state index contributed by atoms with van der Waals surface area (Å²) in [6.07, 6.45) is -0.412. The molecule has 146 valence electrons. The van der Waals surface area contributed by atoms with Crippen LogP contribution in [-0.4, -0.2) is 24.7 Å². The molecule has 2 rings (SSSR count). The van der Waals surface area contributed by atoms with Crippen molar-refractivity contribution in [3.63, 3.8) is 0 Å². The van der Waals surface area contributed by atoms with Gasteiger partial charge in [0, 0.05) is 30.0 Å². The maximum atomic E-state index is 12.7. The molecule has 0 aliphatic heterocycles. The van der Waals surface area contributed by atoms with Gasteiger partial charge < -0.3 is 15.4 Å². The van der Waals surface area contributed by atoms with Crippen molar-refractivity contribution in [2.24, 2.45) is 0 Å². The lowest BCUT2D eigenvalue weighted by Gasteiger charge is -2.21. The molecule has 0 bridgehead atoms. The Labute approximate surface area is 164 Å². The molecular weight excluding hydrogens is 356 g/mol. The molecule has 0 saturated heterocycles. The van der Waals surface area contributed by atoms with Crippen LogP contribution in [0.25, 0.3) is 0 Å². The first-order chi connectivity index (χ1) is 13.4. The van der Waals surface area contributed by atoms with E-state index in [-0.39, 0.29) is 25.0 Å².